The summed E-state index contributed by atoms with van der Waals surface area (Å²) in [4.78, 5) is 22.3. The smallest absolute Gasteiger partial charge is 0.334 e. The summed E-state index contributed by atoms with van der Waals surface area (Å²) in [5.41, 5.74) is 5.71. The molecule has 0 aromatic heterocycles. The van der Waals surface area contributed by atoms with E-state index in [1.165, 1.54) is 0 Å². The van der Waals surface area contributed by atoms with E-state index < -0.39 is 0 Å². The quantitative estimate of drug-likeness (QED) is 0.541. The predicted octanol–water partition coefficient (Wildman–Crippen LogP) is 0.739. The second kappa shape index (κ2) is 7.16. The van der Waals surface area contributed by atoms with Crippen molar-refractivity contribution < 1.29 is 14.3 Å². The summed E-state index contributed by atoms with van der Waals surface area (Å²) in [5, 5.41) is 3.27. The van der Waals surface area contributed by atoms with Gasteiger partial charge in [0.1, 0.15) is 0 Å². The Kier molecular flexibility index (Phi) is 5.85. The Morgan fingerprint density at radius 1 is 1.33 bits per heavy atom. The number of amides is 1. The molecule has 1 aliphatic carbocycles. The maximum atomic E-state index is 11.3. The van der Waals surface area contributed by atoms with E-state index in [-0.39, 0.29) is 17.8 Å². The van der Waals surface area contributed by atoms with Gasteiger partial charge in [-0.1, -0.05) is 6.58 Å². The van der Waals surface area contributed by atoms with Crippen LogP contribution in [-0.4, -0.2) is 31.1 Å². The fraction of sp³-hybridized carbons (Fsp3) is 0.692. The second-order valence-electron chi connectivity index (χ2n) is 4.66. The van der Waals surface area contributed by atoms with Crippen molar-refractivity contribution in [3.8, 4) is 0 Å². The van der Waals surface area contributed by atoms with Crippen molar-refractivity contribution in [2.45, 2.75) is 38.6 Å². The monoisotopic (exact) mass is 254 g/mol. The van der Waals surface area contributed by atoms with Crippen LogP contribution in [0.4, 0.5) is 0 Å². The standard InChI is InChI=1S/C13H22N2O3/c1-3-18-13(17)9(2)8-15-11-6-4-10(5-7-11)12(14)16/h10-11,15H,2-8H2,1H3,(H2,14,16). The van der Waals surface area contributed by atoms with Gasteiger partial charge in [-0.05, 0) is 32.6 Å². The normalized spacial score (nSPS) is 23.4. The predicted molar refractivity (Wildman–Crippen MR) is 68.7 cm³/mol. The molecule has 1 rings (SSSR count). The minimum absolute atomic E-state index is 0.0105. The minimum Gasteiger partial charge on any atom is -0.463 e. The highest BCUT2D eigenvalue weighted by atomic mass is 16.5. The number of carbonyl (C=O) groups is 2. The van der Waals surface area contributed by atoms with Crippen LogP contribution in [0.5, 0.6) is 0 Å². The molecule has 1 fully saturated rings. The number of nitrogens with one attached hydrogen (secondary N) is 1. The van der Waals surface area contributed by atoms with E-state index in [1.807, 2.05) is 0 Å². The molecule has 0 atom stereocenters. The summed E-state index contributed by atoms with van der Waals surface area (Å²) in [5.74, 6) is -0.545. The van der Waals surface area contributed by atoms with E-state index in [4.69, 9.17) is 10.5 Å². The Hall–Kier alpha value is -1.36. The molecule has 1 amide bonds. The van der Waals surface area contributed by atoms with Crippen molar-refractivity contribution in [2.75, 3.05) is 13.2 Å². The van der Waals surface area contributed by atoms with E-state index in [9.17, 15) is 9.59 Å². The molecule has 0 heterocycles. The second-order valence-corrected chi connectivity index (χ2v) is 4.66. The molecule has 0 unspecified atom stereocenters. The van der Waals surface area contributed by atoms with Gasteiger partial charge < -0.3 is 15.8 Å². The van der Waals surface area contributed by atoms with Gasteiger partial charge in [0.25, 0.3) is 0 Å². The highest BCUT2D eigenvalue weighted by Gasteiger charge is 2.24. The molecular weight excluding hydrogens is 232 g/mol. The summed E-state index contributed by atoms with van der Waals surface area (Å²) in [6.45, 7) is 6.26. The Morgan fingerprint density at radius 2 is 1.94 bits per heavy atom. The summed E-state index contributed by atoms with van der Waals surface area (Å²) < 4.78 is 4.85. The Labute approximate surface area is 108 Å². The van der Waals surface area contributed by atoms with Crippen LogP contribution >= 0.6 is 0 Å². The minimum atomic E-state index is -0.351. The van der Waals surface area contributed by atoms with Crippen molar-refractivity contribution in [3.05, 3.63) is 12.2 Å². The van der Waals surface area contributed by atoms with Crippen molar-refractivity contribution in [1.29, 1.82) is 0 Å². The highest BCUT2D eigenvalue weighted by Crippen LogP contribution is 2.23. The Balaban J connectivity index is 2.23. The van der Waals surface area contributed by atoms with Gasteiger partial charge in [-0.15, -0.1) is 0 Å². The van der Waals surface area contributed by atoms with Crippen molar-refractivity contribution in [3.63, 3.8) is 0 Å². The first-order valence-electron chi connectivity index (χ1n) is 6.42. The maximum Gasteiger partial charge on any atom is 0.334 e. The first-order chi connectivity index (χ1) is 8.54. The average Bonchev–Trinajstić information content (AvgIpc) is 2.36. The molecule has 5 heteroatoms. The van der Waals surface area contributed by atoms with Crippen LogP contribution in [0.15, 0.2) is 12.2 Å². The van der Waals surface area contributed by atoms with Crippen LogP contribution in [0.1, 0.15) is 32.6 Å². The van der Waals surface area contributed by atoms with E-state index >= 15 is 0 Å². The van der Waals surface area contributed by atoms with Crippen LogP contribution in [0.2, 0.25) is 0 Å². The molecule has 1 aliphatic rings. The summed E-state index contributed by atoms with van der Waals surface area (Å²) in [6, 6.07) is 0.326. The topological polar surface area (TPSA) is 81.4 Å². The summed E-state index contributed by atoms with van der Waals surface area (Å²) in [6.07, 6.45) is 3.45. The van der Waals surface area contributed by atoms with Crippen molar-refractivity contribution in [2.24, 2.45) is 11.7 Å². The first kappa shape index (κ1) is 14.7. The Bertz CT molecular complexity index is 320. The molecule has 5 nitrogen and oxygen atoms in total. The molecule has 0 radical (unpaired) electrons. The number of hydrogen-bond acceptors (Lipinski definition) is 4. The largest absolute Gasteiger partial charge is 0.463 e. The molecule has 1 saturated carbocycles. The van der Waals surface area contributed by atoms with Gasteiger partial charge in [-0.3, -0.25) is 4.79 Å². The van der Waals surface area contributed by atoms with Gasteiger partial charge in [0.05, 0.1) is 6.61 Å². The van der Waals surface area contributed by atoms with Gasteiger partial charge in [-0.25, -0.2) is 4.79 Å². The van der Waals surface area contributed by atoms with Crippen LogP contribution in [-0.2, 0) is 14.3 Å². The Morgan fingerprint density at radius 3 is 2.44 bits per heavy atom. The zero-order chi connectivity index (χ0) is 13.5. The SMILES string of the molecule is C=C(CNC1CCC(C(N)=O)CC1)C(=O)OCC. The molecule has 0 aromatic carbocycles. The molecule has 0 aromatic rings. The van der Waals surface area contributed by atoms with Crippen molar-refractivity contribution in [1.82, 2.24) is 5.32 Å². The molecule has 3 N–H and O–H groups in total. The molecule has 0 saturated heterocycles. The summed E-state index contributed by atoms with van der Waals surface area (Å²) >= 11 is 0. The average molecular weight is 254 g/mol. The molecule has 0 bridgehead atoms. The number of nitrogens with two attached hydrogens (primary N) is 1. The fourth-order valence-corrected chi connectivity index (χ4v) is 2.15. The van der Waals surface area contributed by atoms with Gasteiger partial charge in [0.15, 0.2) is 0 Å². The third kappa shape index (κ3) is 4.49. The van der Waals surface area contributed by atoms with Gasteiger partial charge >= 0.3 is 5.97 Å². The third-order valence-electron chi connectivity index (χ3n) is 3.30. The number of carbonyl (C=O) groups excluding carboxylic acids is 2. The van der Waals surface area contributed by atoms with Crippen LogP contribution in [0.3, 0.4) is 0 Å². The maximum absolute atomic E-state index is 11.3. The lowest BCUT2D eigenvalue weighted by atomic mass is 9.85. The van der Waals surface area contributed by atoms with Gasteiger partial charge in [-0.2, -0.15) is 0 Å². The number of esters is 1. The molecule has 0 spiro atoms. The summed E-state index contributed by atoms with van der Waals surface area (Å²) in [7, 11) is 0. The van der Waals surface area contributed by atoms with Crippen LogP contribution in [0, 0.1) is 5.92 Å². The number of hydrogen-bond donors (Lipinski definition) is 2. The lowest BCUT2D eigenvalue weighted by Gasteiger charge is -2.27. The number of primary amides is 1. The van der Waals surface area contributed by atoms with Gasteiger partial charge in [0, 0.05) is 24.1 Å². The lowest BCUT2D eigenvalue weighted by molar-refractivity contribution is -0.138. The highest BCUT2D eigenvalue weighted by molar-refractivity contribution is 5.88. The van der Waals surface area contributed by atoms with E-state index in [0.717, 1.165) is 25.7 Å². The number of ether oxygens (including phenoxy) is 1. The van der Waals surface area contributed by atoms with Gasteiger partial charge in [0.2, 0.25) is 5.91 Å². The molecular formula is C13H22N2O3. The van der Waals surface area contributed by atoms with E-state index in [1.54, 1.807) is 6.92 Å². The lowest BCUT2D eigenvalue weighted by Crippen LogP contribution is -2.38. The fourth-order valence-electron chi connectivity index (χ4n) is 2.15. The van der Waals surface area contributed by atoms with Crippen LogP contribution in [0.25, 0.3) is 0 Å². The van der Waals surface area contributed by atoms with E-state index in [0.29, 0.717) is 24.8 Å². The first-order valence-corrected chi connectivity index (χ1v) is 6.42. The van der Waals surface area contributed by atoms with E-state index in [2.05, 4.69) is 11.9 Å². The van der Waals surface area contributed by atoms with Crippen LogP contribution < -0.4 is 11.1 Å². The molecule has 18 heavy (non-hydrogen) atoms. The third-order valence-corrected chi connectivity index (χ3v) is 3.30. The molecule has 0 aliphatic heterocycles. The number of rotatable bonds is 6. The zero-order valence-electron chi connectivity index (χ0n) is 10.9. The zero-order valence-corrected chi connectivity index (χ0v) is 10.9. The molecule has 102 valence electrons. The van der Waals surface area contributed by atoms with Crippen molar-refractivity contribution >= 4 is 11.9 Å².